The lowest BCUT2D eigenvalue weighted by molar-refractivity contribution is -0.384. The third-order valence-electron chi connectivity index (χ3n) is 6.76. The second kappa shape index (κ2) is 13.5. The highest BCUT2D eigenvalue weighted by Gasteiger charge is 2.34. The van der Waals surface area contributed by atoms with Crippen LogP contribution in [0.1, 0.15) is 44.6 Å². The summed E-state index contributed by atoms with van der Waals surface area (Å²) in [5, 5.41) is 15.1. The predicted molar refractivity (Wildman–Crippen MR) is 153 cm³/mol. The number of sulfonamides is 1. The Morgan fingerprint density at radius 2 is 1.85 bits per heavy atom. The van der Waals surface area contributed by atoms with Gasteiger partial charge in [0.2, 0.25) is 21.8 Å². The average molecular weight is 616 g/mol. The summed E-state index contributed by atoms with van der Waals surface area (Å²) in [6.45, 7) is 0.907. The highest BCUT2D eigenvalue weighted by molar-refractivity contribution is 7.92. The number of nitrogens with zero attached hydrogens (tertiary/aromatic N) is 3. The van der Waals surface area contributed by atoms with E-state index in [0.29, 0.717) is 10.6 Å². The van der Waals surface area contributed by atoms with Crippen LogP contribution in [-0.2, 0) is 26.2 Å². The van der Waals surface area contributed by atoms with E-state index in [1.165, 1.54) is 30.2 Å². The zero-order valence-corrected chi connectivity index (χ0v) is 24.8. The minimum Gasteiger partial charge on any atom is -0.495 e. The van der Waals surface area contributed by atoms with Crippen molar-refractivity contribution in [2.24, 2.45) is 0 Å². The summed E-state index contributed by atoms with van der Waals surface area (Å²) in [6.07, 6.45) is 4.80. The van der Waals surface area contributed by atoms with Gasteiger partial charge in [0.25, 0.3) is 5.69 Å². The van der Waals surface area contributed by atoms with Gasteiger partial charge in [-0.05, 0) is 43.0 Å². The van der Waals surface area contributed by atoms with Crippen LogP contribution in [0, 0.1) is 10.1 Å². The molecule has 1 fully saturated rings. The monoisotopic (exact) mass is 614 g/mol. The number of benzene rings is 2. The van der Waals surface area contributed by atoms with Crippen molar-refractivity contribution in [2.75, 3.05) is 24.2 Å². The molecule has 218 valence electrons. The number of non-ortho nitro benzene ring substituents is 1. The number of nitro groups is 1. The Kier molecular flexibility index (Phi) is 10.6. The number of hydrogen-bond acceptors (Lipinski definition) is 7. The Hall–Kier alpha value is -3.09. The van der Waals surface area contributed by atoms with Gasteiger partial charge in [0.1, 0.15) is 24.0 Å². The van der Waals surface area contributed by atoms with E-state index < -0.39 is 33.4 Å². The molecule has 1 saturated carbocycles. The highest BCUT2D eigenvalue weighted by Crippen LogP contribution is 2.34. The van der Waals surface area contributed by atoms with Crippen molar-refractivity contribution in [3.63, 3.8) is 0 Å². The van der Waals surface area contributed by atoms with Crippen LogP contribution in [0.3, 0.4) is 0 Å². The van der Waals surface area contributed by atoms with Gasteiger partial charge in [-0.15, -0.1) is 0 Å². The molecule has 0 spiro atoms. The molecule has 2 amide bonds. The molecule has 0 aromatic heterocycles. The molecule has 0 bridgehead atoms. The minimum absolute atomic E-state index is 0.000677. The lowest BCUT2D eigenvalue weighted by Crippen LogP contribution is -2.53. The molecule has 0 unspecified atom stereocenters. The van der Waals surface area contributed by atoms with Crippen molar-refractivity contribution in [3.05, 3.63) is 62.1 Å². The topological polar surface area (TPSA) is 139 Å². The zero-order valence-electron chi connectivity index (χ0n) is 22.4. The number of methoxy groups -OCH3 is 1. The van der Waals surface area contributed by atoms with Gasteiger partial charge in [-0.3, -0.25) is 24.0 Å². The molecule has 1 atom stereocenters. The number of amides is 2. The first kappa shape index (κ1) is 31.4. The number of ether oxygens (including phenoxy) is 1. The van der Waals surface area contributed by atoms with Crippen molar-refractivity contribution in [2.45, 2.75) is 57.7 Å². The first-order chi connectivity index (χ1) is 18.8. The fourth-order valence-corrected chi connectivity index (χ4v) is 6.02. The fraction of sp³-hybridized carbons (Fsp3) is 0.462. The first-order valence-corrected chi connectivity index (χ1v) is 15.3. The van der Waals surface area contributed by atoms with E-state index in [2.05, 4.69) is 5.32 Å². The van der Waals surface area contributed by atoms with Crippen LogP contribution in [0.25, 0.3) is 0 Å². The summed E-state index contributed by atoms with van der Waals surface area (Å²) in [5.41, 5.74) is -0.0603. The van der Waals surface area contributed by atoms with Gasteiger partial charge in [0.05, 0.1) is 18.3 Å². The van der Waals surface area contributed by atoms with E-state index in [1.54, 1.807) is 19.1 Å². The normalized spacial score (nSPS) is 14.4. The third kappa shape index (κ3) is 7.76. The number of anilines is 1. The quantitative estimate of drug-likeness (QED) is 0.273. The number of rotatable bonds is 12. The minimum atomic E-state index is -4.14. The van der Waals surface area contributed by atoms with E-state index in [9.17, 15) is 28.1 Å². The molecular weight excluding hydrogens is 583 g/mol. The van der Waals surface area contributed by atoms with Crippen LogP contribution in [0.4, 0.5) is 11.4 Å². The second-order valence-electron chi connectivity index (χ2n) is 9.55. The summed E-state index contributed by atoms with van der Waals surface area (Å²) < 4.78 is 31.8. The maximum atomic E-state index is 13.9. The van der Waals surface area contributed by atoms with Gasteiger partial charge in [0, 0.05) is 34.8 Å². The molecule has 14 heteroatoms. The lowest BCUT2D eigenvalue weighted by atomic mass is 10.1. The van der Waals surface area contributed by atoms with Crippen LogP contribution in [-0.4, -0.2) is 62.0 Å². The van der Waals surface area contributed by atoms with E-state index in [0.717, 1.165) is 42.3 Å². The van der Waals surface area contributed by atoms with Crippen LogP contribution < -0.4 is 14.4 Å². The Morgan fingerprint density at radius 3 is 2.40 bits per heavy atom. The first-order valence-electron chi connectivity index (χ1n) is 12.7. The predicted octanol–water partition coefficient (Wildman–Crippen LogP) is 4.54. The third-order valence-corrected chi connectivity index (χ3v) is 8.48. The zero-order chi connectivity index (χ0) is 29.6. The lowest BCUT2D eigenvalue weighted by Gasteiger charge is -2.33. The Morgan fingerprint density at radius 1 is 1.18 bits per heavy atom. The molecule has 0 radical (unpaired) electrons. The molecule has 11 nitrogen and oxygen atoms in total. The summed E-state index contributed by atoms with van der Waals surface area (Å²) in [5.74, 6) is -1.05. The SMILES string of the molecule is CC[C@H](C(=O)NC1CCCC1)N(Cc1ccc(Cl)cc1Cl)C(=O)CN(c1cc([N+](=O)[O-])ccc1OC)S(C)(=O)=O. The fourth-order valence-electron chi connectivity index (χ4n) is 4.70. The molecule has 2 aromatic carbocycles. The molecule has 2 aromatic rings. The number of nitro benzene ring substituents is 1. The van der Waals surface area contributed by atoms with Crippen molar-refractivity contribution >= 4 is 56.4 Å². The molecule has 40 heavy (non-hydrogen) atoms. The van der Waals surface area contributed by atoms with Crippen molar-refractivity contribution in [1.29, 1.82) is 0 Å². The van der Waals surface area contributed by atoms with Gasteiger partial charge >= 0.3 is 0 Å². The molecule has 1 aliphatic carbocycles. The second-order valence-corrected chi connectivity index (χ2v) is 12.3. The number of halogens is 2. The van der Waals surface area contributed by atoms with Gasteiger partial charge < -0.3 is 15.0 Å². The number of carbonyl (C=O) groups excluding carboxylic acids is 2. The van der Waals surface area contributed by atoms with Crippen molar-refractivity contribution in [1.82, 2.24) is 10.2 Å². The number of nitrogens with one attached hydrogen (secondary N) is 1. The largest absolute Gasteiger partial charge is 0.495 e. The highest BCUT2D eigenvalue weighted by atomic mass is 35.5. The number of carbonyl (C=O) groups is 2. The maximum Gasteiger partial charge on any atom is 0.271 e. The Bertz CT molecular complexity index is 1370. The van der Waals surface area contributed by atoms with Gasteiger partial charge in [-0.1, -0.05) is 49.0 Å². The maximum absolute atomic E-state index is 13.9. The summed E-state index contributed by atoms with van der Waals surface area (Å²) in [7, 11) is -2.86. The molecule has 0 aliphatic heterocycles. The Labute approximate surface area is 243 Å². The van der Waals surface area contributed by atoms with Gasteiger partial charge in [-0.25, -0.2) is 8.42 Å². The van der Waals surface area contributed by atoms with Crippen molar-refractivity contribution in [3.8, 4) is 5.75 Å². The van der Waals surface area contributed by atoms with Crippen molar-refractivity contribution < 1.29 is 27.7 Å². The summed E-state index contributed by atoms with van der Waals surface area (Å²) in [4.78, 5) is 39.3. The average Bonchev–Trinajstić information content (AvgIpc) is 3.40. The molecule has 0 saturated heterocycles. The van der Waals surface area contributed by atoms with E-state index in [1.807, 2.05) is 0 Å². The molecule has 1 aliphatic rings. The van der Waals surface area contributed by atoms with Crippen LogP contribution in [0.5, 0.6) is 5.75 Å². The number of hydrogen-bond donors (Lipinski definition) is 1. The van der Waals surface area contributed by atoms with Crippen LogP contribution >= 0.6 is 23.2 Å². The molecule has 1 N–H and O–H groups in total. The molecular formula is C26H32Cl2N4O7S. The van der Waals surface area contributed by atoms with E-state index >= 15 is 0 Å². The van der Waals surface area contributed by atoms with Crippen LogP contribution in [0.2, 0.25) is 10.0 Å². The molecule has 0 heterocycles. The standard InChI is InChI=1S/C26H32Cl2N4O7S/c1-4-22(26(34)29-19-7-5-6-8-19)30(15-17-9-10-18(27)13-21(17)28)25(33)16-31(40(3,37)38)23-14-20(32(35)36)11-12-24(23)39-2/h9-14,19,22H,4-8,15-16H2,1-3H3,(H,29,34)/t22-/m1/s1. The van der Waals surface area contributed by atoms with Gasteiger partial charge in [-0.2, -0.15) is 0 Å². The Balaban J connectivity index is 2.03. The summed E-state index contributed by atoms with van der Waals surface area (Å²) in [6, 6.07) is 7.25. The van der Waals surface area contributed by atoms with E-state index in [4.69, 9.17) is 27.9 Å². The summed E-state index contributed by atoms with van der Waals surface area (Å²) >= 11 is 12.4. The molecule has 3 rings (SSSR count). The van der Waals surface area contributed by atoms with E-state index in [-0.39, 0.29) is 47.1 Å². The smallest absolute Gasteiger partial charge is 0.271 e. The van der Waals surface area contributed by atoms with Crippen LogP contribution in [0.15, 0.2) is 36.4 Å². The van der Waals surface area contributed by atoms with Gasteiger partial charge in [0.15, 0.2) is 0 Å².